The Kier molecular flexibility index (Phi) is 5.12. The Morgan fingerprint density at radius 2 is 1.81 bits per heavy atom. The molecule has 5 heteroatoms. The third-order valence-corrected chi connectivity index (χ3v) is 2.60. The van der Waals surface area contributed by atoms with Crippen LogP contribution in [-0.4, -0.2) is 31.1 Å². The van der Waals surface area contributed by atoms with Gasteiger partial charge in [-0.1, -0.05) is 6.07 Å². The van der Waals surface area contributed by atoms with Gasteiger partial charge in [-0.05, 0) is 17.7 Å². The summed E-state index contributed by atoms with van der Waals surface area (Å²) in [5.74, 6) is -1.54. The molecule has 1 N–H and O–H groups in total. The second-order valence-corrected chi connectivity index (χ2v) is 3.77. The fraction of sp³-hybridized carbons (Fsp3) is 0.455. The van der Waals surface area contributed by atoms with Crippen molar-refractivity contribution in [1.29, 1.82) is 0 Å². The summed E-state index contributed by atoms with van der Waals surface area (Å²) >= 11 is 0. The Bertz CT molecular complexity index is 341. The number of hydrogen-bond donors (Lipinski definition) is 1. The van der Waals surface area contributed by atoms with Crippen molar-refractivity contribution in [3.05, 3.63) is 35.4 Å². The number of halogens is 3. The highest BCUT2D eigenvalue weighted by atomic mass is 35.5. The van der Waals surface area contributed by atoms with Crippen LogP contribution in [0.4, 0.5) is 8.78 Å². The minimum Gasteiger partial charge on any atom is -0.314 e. The normalized spacial score (nSPS) is 16.9. The highest BCUT2D eigenvalue weighted by Gasteiger charge is 2.10. The van der Waals surface area contributed by atoms with Crippen LogP contribution >= 0.6 is 12.4 Å². The Morgan fingerprint density at radius 1 is 1.12 bits per heavy atom. The summed E-state index contributed by atoms with van der Waals surface area (Å²) in [5.41, 5.74) is 0.829. The first-order valence-electron chi connectivity index (χ1n) is 5.13. The molecule has 1 aromatic rings. The van der Waals surface area contributed by atoms with E-state index in [4.69, 9.17) is 0 Å². The molecule has 1 fully saturated rings. The summed E-state index contributed by atoms with van der Waals surface area (Å²) in [4.78, 5) is 2.23. The number of benzene rings is 1. The van der Waals surface area contributed by atoms with Gasteiger partial charge in [-0.2, -0.15) is 0 Å². The largest absolute Gasteiger partial charge is 0.314 e. The third kappa shape index (κ3) is 3.40. The van der Waals surface area contributed by atoms with Crippen molar-refractivity contribution in [1.82, 2.24) is 10.2 Å². The molecule has 1 aliphatic heterocycles. The maximum atomic E-state index is 12.9. The summed E-state index contributed by atoms with van der Waals surface area (Å²) in [6.07, 6.45) is 0. The van der Waals surface area contributed by atoms with Gasteiger partial charge in [0.15, 0.2) is 11.6 Å². The maximum absolute atomic E-state index is 12.9. The first kappa shape index (κ1) is 13.4. The fourth-order valence-electron chi connectivity index (χ4n) is 1.77. The van der Waals surface area contributed by atoms with E-state index in [-0.39, 0.29) is 12.4 Å². The van der Waals surface area contributed by atoms with E-state index in [1.807, 2.05) is 0 Å². The van der Waals surface area contributed by atoms with E-state index >= 15 is 0 Å². The summed E-state index contributed by atoms with van der Waals surface area (Å²) in [6.45, 7) is 4.53. The molecule has 1 aromatic carbocycles. The molecule has 0 amide bonds. The van der Waals surface area contributed by atoms with Gasteiger partial charge in [-0.3, -0.25) is 4.90 Å². The molecule has 1 heterocycles. The van der Waals surface area contributed by atoms with Gasteiger partial charge in [0.2, 0.25) is 0 Å². The van der Waals surface area contributed by atoms with E-state index in [0.29, 0.717) is 6.54 Å². The highest BCUT2D eigenvalue weighted by molar-refractivity contribution is 5.85. The van der Waals surface area contributed by atoms with Gasteiger partial charge >= 0.3 is 0 Å². The van der Waals surface area contributed by atoms with Crippen molar-refractivity contribution < 1.29 is 8.78 Å². The SMILES string of the molecule is Cl.Fc1ccc(CN2CCNCC2)cc1F. The van der Waals surface area contributed by atoms with Crippen LogP contribution in [0.2, 0.25) is 0 Å². The van der Waals surface area contributed by atoms with Crippen LogP contribution < -0.4 is 5.32 Å². The van der Waals surface area contributed by atoms with Gasteiger partial charge in [0.25, 0.3) is 0 Å². The predicted molar refractivity (Wildman–Crippen MR) is 61.8 cm³/mol. The van der Waals surface area contributed by atoms with E-state index < -0.39 is 11.6 Å². The van der Waals surface area contributed by atoms with Gasteiger partial charge < -0.3 is 5.32 Å². The average molecular weight is 249 g/mol. The summed E-state index contributed by atoms with van der Waals surface area (Å²) in [5, 5.41) is 3.25. The Balaban J connectivity index is 0.00000128. The van der Waals surface area contributed by atoms with Gasteiger partial charge in [-0.25, -0.2) is 8.78 Å². The molecule has 0 aliphatic carbocycles. The van der Waals surface area contributed by atoms with Crippen LogP contribution in [0, 0.1) is 11.6 Å². The van der Waals surface area contributed by atoms with E-state index in [1.54, 1.807) is 6.07 Å². The molecule has 1 aliphatic rings. The van der Waals surface area contributed by atoms with Gasteiger partial charge in [0.1, 0.15) is 0 Å². The molecule has 1 saturated heterocycles. The molecular weight excluding hydrogens is 234 g/mol. The Morgan fingerprint density at radius 3 is 2.44 bits per heavy atom. The summed E-state index contributed by atoms with van der Waals surface area (Å²) < 4.78 is 25.6. The van der Waals surface area contributed by atoms with E-state index in [2.05, 4.69) is 10.2 Å². The molecular formula is C11H15ClF2N2. The maximum Gasteiger partial charge on any atom is 0.159 e. The van der Waals surface area contributed by atoms with Crippen molar-refractivity contribution in [2.45, 2.75) is 6.54 Å². The van der Waals surface area contributed by atoms with E-state index in [0.717, 1.165) is 31.7 Å². The number of nitrogens with zero attached hydrogens (tertiary/aromatic N) is 1. The van der Waals surface area contributed by atoms with Crippen molar-refractivity contribution in [2.75, 3.05) is 26.2 Å². The zero-order valence-electron chi connectivity index (χ0n) is 8.88. The molecule has 2 nitrogen and oxygen atoms in total. The smallest absolute Gasteiger partial charge is 0.159 e. The highest BCUT2D eigenvalue weighted by Crippen LogP contribution is 2.11. The molecule has 0 bridgehead atoms. The number of piperazine rings is 1. The lowest BCUT2D eigenvalue weighted by Gasteiger charge is -2.27. The standard InChI is InChI=1S/C11H14F2N2.ClH/c12-10-2-1-9(7-11(10)13)8-15-5-3-14-4-6-15;/h1-2,7,14H,3-6,8H2;1H. The van der Waals surface area contributed by atoms with Gasteiger partial charge in [-0.15, -0.1) is 12.4 Å². The summed E-state index contributed by atoms with van der Waals surface area (Å²) in [7, 11) is 0. The molecule has 0 aromatic heterocycles. The quantitative estimate of drug-likeness (QED) is 0.859. The molecule has 0 spiro atoms. The zero-order chi connectivity index (χ0) is 10.7. The van der Waals surface area contributed by atoms with Crippen LogP contribution in [0.1, 0.15) is 5.56 Å². The molecule has 0 saturated carbocycles. The summed E-state index contributed by atoms with van der Waals surface area (Å²) in [6, 6.07) is 4.10. The lowest BCUT2D eigenvalue weighted by molar-refractivity contribution is 0.233. The second-order valence-electron chi connectivity index (χ2n) is 3.77. The van der Waals surface area contributed by atoms with Crippen molar-refractivity contribution in [2.24, 2.45) is 0 Å². The predicted octanol–water partition coefficient (Wildman–Crippen LogP) is 1.79. The van der Waals surface area contributed by atoms with Crippen LogP contribution in [0.3, 0.4) is 0 Å². The van der Waals surface area contributed by atoms with Crippen LogP contribution in [0.25, 0.3) is 0 Å². The van der Waals surface area contributed by atoms with Crippen molar-refractivity contribution in [3.8, 4) is 0 Å². The molecule has 2 rings (SSSR count). The topological polar surface area (TPSA) is 15.3 Å². The minimum atomic E-state index is -0.779. The molecule has 16 heavy (non-hydrogen) atoms. The van der Waals surface area contributed by atoms with Crippen molar-refractivity contribution in [3.63, 3.8) is 0 Å². The van der Waals surface area contributed by atoms with E-state index in [1.165, 1.54) is 12.1 Å². The molecule has 0 radical (unpaired) electrons. The average Bonchev–Trinajstić information content (AvgIpc) is 2.25. The van der Waals surface area contributed by atoms with Crippen LogP contribution in [-0.2, 0) is 6.54 Å². The lowest BCUT2D eigenvalue weighted by Crippen LogP contribution is -2.42. The van der Waals surface area contributed by atoms with Gasteiger partial charge in [0.05, 0.1) is 0 Å². The van der Waals surface area contributed by atoms with Crippen molar-refractivity contribution >= 4 is 12.4 Å². The number of nitrogens with one attached hydrogen (secondary N) is 1. The fourth-order valence-corrected chi connectivity index (χ4v) is 1.77. The van der Waals surface area contributed by atoms with Gasteiger partial charge in [0, 0.05) is 32.7 Å². The lowest BCUT2D eigenvalue weighted by atomic mass is 10.2. The monoisotopic (exact) mass is 248 g/mol. The Labute approximate surface area is 100 Å². The number of rotatable bonds is 2. The Hall–Kier alpha value is -0.710. The number of hydrogen-bond acceptors (Lipinski definition) is 2. The van der Waals surface area contributed by atoms with Crippen LogP contribution in [0.15, 0.2) is 18.2 Å². The second kappa shape index (κ2) is 6.13. The zero-order valence-corrected chi connectivity index (χ0v) is 9.70. The third-order valence-electron chi connectivity index (χ3n) is 2.60. The molecule has 0 atom stereocenters. The van der Waals surface area contributed by atoms with Crippen LogP contribution in [0.5, 0.6) is 0 Å². The molecule has 90 valence electrons. The molecule has 0 unspecified atom stereocenters. The first-order valence-corrected chi connectivity index (χ1v) is 5.13. The van der Waals surface area contributed by atoms with E-state index in [9.17, 15) is 8.78 Å². The minimum absolute atomic E-state index is 0. The first-order chi connectivity index (χ1) is 7.25.